The van der Waals surface area contributed by atoms with Crippen LogP contribution in [0.4, 0.5) is 0 Å². The third-order valence-corrected chi connectivity index (χ3v) is 9.07. The Morgan fingerprint density at radius 2 is 1.37 bits per heavy atom. The Kier molecular flexibility index (Phi) is 11.0. The molecule has 0 saturated heterocycles. The van der Waals surface area contributed by atoms with E-state index in [1.807, 2.05) is 61.8 Å². The monoisotopic (exact) mass is 842 g/mol. The molecule has 0 amide bonds. The quantitative estimate of drug-likeness (QED) is 0.157. The maximum Gasteiger partial charge on any atom is 0.216 e. The number of furan rings is 1. The van der Waals surface area contributed by atoms with Gasteiger partial charge in [0.05, 0.1) is 5.58 Å². The molecule has 51 heavy (non-hydrogen) atoms. The number of hydrogen-bond acceptors (Lipinski definition) is 4. The SMILES string of the molecule is Cc1cc(C)c(-c2cc(-c3[c-]ccc4c3oc3nc(CCc5ccccc5)ccc34)ncc2C)c(C)c1.Cc1ccc(-c2[c-]cccc2)nc1.[Ir]. The molecule has 8 aromatic rings. The summed E-state index contributed by atoms with van der Waals surface area (Å²) in [6.45, 7) is 10.7. The molecule has 4 aromatic heterocycles. The summed E-state index contributed by atoms with van der Waals surface area (Å²) in [7, 11) is 0. The van der Waals surface area contributed by atoms with Gasteiger partial charge in [-0.3, -0.25) is 0 Å². The van der Waals surface area contributed by atoms with Crippen LogP contribution in [0.3, 0.4) is 0 Å². The number of rotatable bonds is 6. The van der Waals surface area contributed by atoms with Crippen molar-refractivity contribution in [1.82, 2.24) is 15.0 Å². The van der Waals surface area contributed by atoms with E-state index in [9.17, 15) is 0 Å². The van der Waals surface area contributed by atoms with Crippen LogP contribution < -0.4 is 0 Å². The molecule has 0 N–H and O–H groups in total. The molecule has 0 atom stereocenters. The van der Waals surface area contributed by atoms with Gasteiger partial charge in [-0.25, -0.2) is 4.98 Å². The molecular formula is C46H39IrN3O-2. The predicted molar refractivity (Wildman–Crippen MR) is 205 cm³/mol. The number of pyridine rings is 3. The Hall–Kier alpha value is -5.22. The summed E-state index contributed by atoms with van der Waals surface area (Å²) < 4.78 is 6.39. The zero-order valence-corrected chi connectivity index (χ0v) is 31.9. The standard InChI is InChI=1S/C34H29N2O.C12H10N.Ir/c1-21-17-22(2)32(23(3)18-21)30-19-31(35-20-24(30)4)29-12-8-11-27-28-16-15-26(36-34(28)37-33(27)29)14-13-25-9-6-5-7-10-25;1-10-7-8-12(13-9-10)11-5-3-2-4-6-11;/h5-11,15-20H,13-14H2,1-4H3;2-5,7-9H,1H3;/q2*-1;. The number of nitrogens with zero attached hydrogens (tertiary/aromatic N) is 3. The Morgan fingerprint density at radius 3 is 2.10 bits per heavy atom. The van der Waals surface area contributed by atoms with E-state index in [0.717, 1.165) is 63.0 Å². The molecule has 4 aromatic carbocycles. The molecule has 255 valence electrons. The molecule has 1 radical (unpaired) electrons. The average Bonchev–Trinajstić information content (AvgIpc) is 3.51. The minimum atomic E-state index is 0. The van der Waals surface area contributed by atoms with Crippen LogP contribution in [0, 0.1) is 46.8 Å². The topological polar surface area (TPSA) is 51.8 Å². The van der Waals surface area contributed by atoms with Crippen molar-refractivity contribution in [2.75, 3.05) is 0 Å². The summed E-state index contributed by atoms with van der Waals surface area (Å²) in [5.74, 6) is 0. The molecule has 0 aliphatic rings. The molecule has 8 rings (SSSR count). The van der Waals surface area contributed by atoms with E-state index < -0.39 is 0 Å². The normalized spacial score (nSPS) is 10.8. The summed E-state index contributed by atoms with van der Waals surface area (Å²) in [5.41, 5.74) is 16.2. The van der Waals surface area contributed by atoms with Crippen LogP contribution in [-0.2, 0) is 32.9 Å². The van der Waals surface area contributed by atoms with Crippen molar-refractivity contribution >= 4 is 22.1 Å². The molecule has 0 aliphatic carbocycles. The van der Waals surface area contributed by atoms with Crippen LogP contribution in [0.25, 0.3) is 55.7 Å². The van der Waals surface area contributed by atoms with Crippen LogP contribution in [0.5, 0.6) is 0 Å². The van der Waals surface area contributed by atoms with Crippen molar-refractivity contribution in [1.29, 1.82) is 0 Å². The van der Waals surface area contributed by atoms with E-state index in [2.05, 4.69) is 112 Å². The summed E-state index contributed by atoms with van der Waals surface area (Å²) in [4.78, 5) is 14.0. The molecule has 0 spiro atoms. The first kappa shape index (κ1) is 35.6. The van der Waals surface area contributed by atoms with Crippen molar-refractivity contribution < 1.29 is 24.5 Å². The van der Waals surface area contributed by atoms with Crippen LogP contribution in [0.2, 0.25) is 0 Å². The Bertz CT molecular complexity index is 2390. The summed E-state index contributed by atoms with van der Waals surface area (Å²) in [6, 6.07) is 43.9. The molecule has 5 heteroatoms. The van der Waals surface area contributed by atoms with Crippen LogP contribution in [0.1, 0.15) is 39.1 Å². The van der Waals surface area contributed by atoms with E-state index in [4.69, 9.17) is 14.4 Å². The number of aromatic nitrogens is 3. The second-order valence-corrected chi connectivity index (χ2v) is 13.0. The zero-order chi connectivity index (χ0) is 34.6. The molecular weight excluding hydrogens is 803 g/mol. The molecule has 0 aliphatic heterocycles. The number of aryl methyl sites for hydroxylation is 7. The molecule has 4 nitrogen and oxygen atoms in total. The third-order valence-electron chi connectivity index (χ3n) is 9.07. The minimum Gasteiger partial charge on any atom is -0.486 e. The Balaban J connectivity index is 0.000000269. The van der Waals surface area contributed by atoms with Gasteiger partial charge >= 0.3 is 0 Å². The van der Waals surface area contributed by atoms with Gasteiger partial charge in [0.15, 0.2) is 0 Å². The molecule has 0 bridgehead atoms. The molecule has 4 heterocycles. The van der Waals surface area contributed by atoms with E-state index in [0.29, 0.717) is 5.71 Å². The van der Waals surface area contributed by atoms with Gasteiger partial charge in [0.25, 0.3) is 0 Å². The van der Waals surface area contributed by atoms with Crippen molar-refractivity contribution in [3.63, 3.8) is 0 Å². The fourth-order valence-corrected chi connectivity index (χ4v) is 6.62. The van der Waals surface area contributed by atoms with Crippen LogP contribution in [0.15, 0.2) is 126 Å². The largest absolute Gasteiger partial charge is 0.486 e. The van der Waals surface area contributed by atoms with Crippen LogP contribution in [-0.4, -0.2) is 15.0 Å². The summed E-state index contributed by atoms with van der Waals surface area (Å²) >= 11 is 0. The third kappa shape index (κ3) is 7.91. The number of fused-ring (bicyclic) bond motifs is 3. The van der Waals surface area contributed by atoms with Gasteiger partial charge in [-0.2, -0.15) is 0 Å². The first-order valence-corrected chi connectivity index (χ1v) is 17.1. The van der Waals surface area contributed by atoms with E-state index in [1.54, 1.807) is 0 Å². The van der Waals surface area contributed by atoms with Gasteiger partial charge in [-0.15, -0.1) is 54.1 Å². The Labute approximate surface area is 314 Å². The molecule has 0 fully saturated rings. The van der Waals surface area contributed by atoms with Gasteiger partial charge in [0.1, 0.15) is 0 Å². The van der Waals surface area contributed by atoms with E-state index >= 15 is 0 Å². The summed E-state index contributed by atoms with van der Waals surface area (Å²) in [5, 5.41) is 2.06. The zero-order valence-electron chi connectivity index (χ0n) is 29.5. The molecule has 0 saturated carbocycles. The van der Waals surface area contributed by atoms with Crippen molar-refractivity contribution in [3.8, 4) is 33.6 Å². The number of hydrogen-bond donors (Lipinski definition) is 0. The number of benzene rings is 4. The maximum atomic E-state index is 6.39. The van der Waals surface area contributed by atoms with Gasteiger partial charge in [-0.05, 0) is 110 Å². The smallest absolute Gasteiger partial charge is 0.216 e. The second-order valence-electron chi connectivity index (χ2n) is 13.0. The minimum absolute atomic E-state index is 0. The van der Waals surface area contributed by atoms with Gasteiger partial charge in [-0.1, -0.05) is 77.2 Å². The van der Waals surface area contributed by atoms with Gasteiger partial charge in [0, 0.05) is 43.6 Å². The van der Waals surface area contributed by atoms with Crippen molar-refractivity contribution in [2.45, 2.75) is 47.5 Å². The predicted octanol–water partition coefficient (Wildman–Crippen LogP) is 11.4. The van der Waals surface area contributed by atoms with E-state index in [1.165, 1.54) is 38.9 Å². The molecule has 0 unspecified atom stereocenters. The fourth-order valence-electron chi connectivity index (χ4n) is 6.62. The summed E-state index contributed by atoms with van der Waals surface area (Å²) in [6.07, 6.45) is 5.65. The van der Waals surface area contributed by atoms with E-state index in [-0.39, 0.29) is 20.1 Å². The average molecular weight is 842 g/mol. The Morgan fingerprint density at radius 1 is 0.608 bits per heavy atom. The first-order valence-electron chi connectivity index (χ1n) is 17.1. The maximum absolute atomic E-state index is 6.39. The van der Waals surface area contributed by atoms with Gasteiger partial charge < -0.3 is 14.4 Å². The van der Waals surface area contributed by atoms with Crippen molar-refractivity contribution in [2.24, 2.45) is 0 Å². The fraction of sp³-hybridized carbons (Fsp3) is 0.152. The van der Waals surface area contributed by atoms with Crippen molar-refractivity contribution in [3.05, 3.63) is 173 Å². The van der Waals surface area contributed by atoms with Crippen LogP contribution >= 0.6 is 0 Å². The van der Waals surface area contributed by atoms with Gasteiger partial charge in [0.2, 0.25) is 5.71 Å². The second kappa shape index (κ2) is 15.8. The first-order chi connectivity index (χ1) is 24.3.